The van der Waals surface area contributed by atoms with E-state index in [0.29, 0.717) is 11.2 Å². The highest BCUT2D eigenvalue weighted by Crippen LogP contribution is 2.25. The molecule has 0 fully saturated rings. The molecule has 0 atom stereocenters. The molecule has 27 heavy (non-hydrogen) atoms. The van der Waals surface area contributed by atoms with E-state index in [4.69, 9.17) is 18.9 Å². The lowest BCUT2D eigenvalue weighted by atomic mass is 9.80. The third-order valence-electron chi connectivity index (χ3n) is 4.17. The molecule has 0 aliphatic carbocycles. The van der Waals surface area contributed by atoms with Crippen molar-refractivity contribution in [3.05, 3.63) is 60.2 Å². The molecule has 0 saturated carbocycles. The van der Waals surface area contributed by atoms with E-state index in [0.717, 1.165) is 16.3 Å². The Hall–Kier alpha value is -2.51. The van der Waals surface area contributed by atoms with Crippen LogP contribution in [0.2, 0.25) is 0 Å². The zero-order valence-corrected chi connectivity index (χ0v) is 15.0. The van der Waals surface area contributed by atoms with Gasteiger partial charge in [0.15, 0.2) is 0 Å². The predicted molar refractivity (Wildman–Crippen MR) is 106 cm³/mol. The maximum atomic E-state index is 9.22. The smallest absolute Gasteiger partial charge is 0.465 e. The van der Waals surface area contributed by atoms with Gasteiger partial charge < -0.3 is 28.9 Å². The molecular formula is C19H20B2O6. The highest BCUT2D eigenvalue weighted by molar-refractivity contribution is 6.58. The van der Waals surface area contributed by atoms with Crippen molar-refractivity contribution in [1.82, 2.24) is 0 Å². The molecule has 2 heterocycles. The Bertz CT molecular complexity index is 1000. The summed E-state index contributed by atoms with van der Waals surface area (Å²) >= 11 is 0. The lowest BCUT2D eigenvalue weighted by Crippen LogP contribution is -2.31. The molecule has 0 unspecified atom stereocenters. The van der Waals surface area contributed by atoms with E-state index >= 15 is 0 Å². The van der Waals surface area contributed by atoms with Gasteiger partial charge in [-0.1, -0.05) is 50.2 Å². The second kappa shape index (κ2) is 8.02. The van der Waals surface area contributed by atoms with E-state index in [2.05, 4.69) is 0 Å². The summed E-state index contributed by atoms with van der Waals surface area (Å²) in [6.45, 7) is 4.01. The number of hydrogen-bond acceptors (Lipinski definition) is 6. The minimum atomic E-state index is -1.55. The van der Waals surface area contributed by atoms with Gasteiger partial charge in [0.1, 0.15) is 22.5 Å². The van der Waals surface area contributed by atoms with Crippen molar-refractivity contribution in [3.8, 4) is 0 Å². The number of para-hydroxylation sites is 2. The van der Waals surface area contributed by atoms with Crippen molar-refractivity contribution in [2.45, 2.75) is 19.8 Å². The number of furan rings is 2. The topological polar surface area (TPSA) is 107 Å². The molecule has 0 spiro atoms. The highest BCUT2D eigenvalue weighted by atomic mass is 16.4. The van der Waals surface area contributed by atoms with Crippen LogP contribution < -0.4 is 11.3 Å². The van der Waals surface area contributed by atoms with Gasteiger partial charge in [-0.3, -0.25) is 0 Å². The predicted octanol–water partition coefficient (Wildman–Crippen LogP) is 1.35. The van der Waals surface area contributed by atoms with Crippen molar-refractivity contribution in [3.63, 3.8) is 0 Å². The summed E-state index contributed by atoms with van der Waals surface area (Å²) < 4.78 is 10.6. The van der Waals surface area contributed by atoms with Crippen molar-refractivity contribution in [1.29, 1.82) is 0 Å². The summed E-state index contributed by atoms with van der Waals surface area (Å²) in [4.78, 5) is 0. The van der Waals surface area contributed by atoms with E-state index in [1.165, 1.54) is 0 Å². The van der Waals surface area contributed by atoms with Crippen LogP contribution in [0.1, 0.15) is 25.3 Å². The van der Waals surface area contributed by atoms with Crippen molar-refractivity contribution >= 4 is 47.5 Å². The molecule has 2 aromatic heterocycles. The molecule has 0 bridgehead atoms. The van der Waals surface area contributed by atoms with E-state index in [9.17, 15) is 10.0 Å². The van der Waals surface area contributed by atoms with Gasteiger partial charge in [-0.15, -0.1) is 0 Å². The summed E-state index contributed by atoms with van der Waals surface area (Å²) in [5.41, 5.74) is 2.67. The second-order valence-electron chi connectivity index (χ2n) is 6.46. The van der Waals surface area contributed by atoms with E-state index in [1.807, 2.05) is 56.3 Å². The van der Waals surface area contributed by atoms with Gasteiger partial charge in [0.25, 0.3) is 0 Å². The molecule has 4 aromatic rings. The minimum absolute atomic E-state index is 0.177. The lowest BCUT2D eigenvalue weighted by Gasteiger charge is -2.05. The molecule has 6 nitrogen and oxygen atoms in total. The van der Waals surface area contributed by atoms with Gasteiger partial charge in [-0.2, -0.15) is 0 Å². The Morgan fingerprint density at radius 1 is 0.778 bits per heavy atom. The zero-order valence-electron chi connectivity index (χ0n) is 15.0. The molecule has 0 amide bonds. The van der Waals surface area contributed by atoms with E-state index < -0.39 is 14.2 Å². The van der Waals surface area contributed by atoms with Crippen LogP contribution in [-0.4, -0.2) is 34.3 Å². The molecule has 0 aliphatic heterocycles. The average molecular weight is 366 g/mol. The van der Waals surface area contributed by atoms with E-state index in [-0.39, 0.29) is 17.2 Å². The zero-order chi connectivity index (χ0) is 19.6. The van der Waals surface area contributed by atoms with Crippen LogP contribution in [-0.2, 0) is 0 Å². The first-order valence-corrected chi connectivity index (χ1v) is 8.60. The molecular weight excluding hydrogens is 346 g/mol. The lowest BCUT2D eigenvalue weighted by molar-refractivity contribution is 0.411. The maximum absolute atomic E-state index is 9.22. The molecule has 0 aliphatic rings. The molecule has 138 valence electrons. The van der Waals surface area contributed by atoms with Crippen LogP contribution in [0, 0.1) is 0 Å². The van der Waals surface area contributed by atoms with Crippen molar-refractivity contribution in [2.75, 3.05) is 0 Å². The van der Waals surface area contributed by atoms with Crippen LogP contribution >= 0.6 is 0 Å². The van der Waals surface area contributed by atoms with Gasteiger partial charge in [-0.25, -0.2) is 0 Å². The van der Waals surface area contributed by atoms with Crippen molar-refractivity contribution < 1.29 is 28.9 Å². The van der Waals surface area contributed by atoms with Crippen LogP contribution in [0.3, 0.4) is 0 Å². The molecule has 8 heteroatoms. The number of benzene rings is 2. The largest absolute Gasteiger partial charge is 0.526 e. The summed E-state index contributed by atoms with van der Waals surface area (Å²) in [5.74, 6) is 0.199. The fourth-order valence-electron chi connectivity index (χ4n) is 3.00. The third-order valence-corrected chi connectivity index (χ3v) is 4.17. The van der Waals surface area contributed by atoms with Gasteiger partial charge in [0.2, 0.25) is 0 Å². The maximum Gasteiger partial charge on any atom is 0.526 e. The average Bonchev–Trinajstić information content (AvgIpc) is 3.24. The SMILES string of the molecule is CC(C)c1c(B(O)O)oc2ccccc12.OB(O)c1cc2ccccc2o1. The van der Waals surface area contributed by atoms with Gasteiger partial charge in [-0.05, 0) is 24.1 Å². The van der Waals surface area contributed by atoms with Crippen molar-refractivity contribution in [2.24, 2.45) is 0 Å². The van der Waals surface area contributed by atoms with Gasteiger partial charge in [0.05, 0.1) is 0 Å². The first-order chi connectivity index (χ1) is 12.9. The summed E-state index contributed by atoms with van der Waals surface area (Å²) in [5, 5.41) is 37.8. The Morgan fingerprint density at radius 2 is 1.41 bits per heavy atom. The molecule has 2 aromatic carbocycles. The number of hydrogen-bond donors (Lipinski definition) is 4. The normalized spacial score (nSPS) is 10.9. The molecule has 0 saturated heterocycles. The van der Waals surface area contributed by atoms with Crippen LogP contribution in [0.15, 0.2) is 63.4 Å². The Kier molecular flexibility index (Phi) is 5.72. The summed E-state index contributed by atoms with van der Waals surface area (Å²) in [6, 6.07) is 16.5. The minimum Gasteiger partial charge on any atom is -0.465 e. The number of fused-ring (bicyclic) bond motifs is 2. The highest BCUT2D eigenvalue weighted by Gasteiger charge is 2.25. The third kappa shape index (κ3) is 4.09. The molecule has 0 radical (unpaired) electrons. The van der Waals surface area contributed by atoms with E-state index in [1.54, 1.807) is 12.1 Å². The Labute approximate surface area is 157 Å². The Morgan fingerprint density at radius 3 is 2.00 bits per heavy atom. The number of rotatable bonds is 3. The Balaban J connectivity index is 0.000000159. The summed E-state index contributed by atoms with van der Waals surface area (Å²) in [7, 11) is -3.08. The standard InChI is InChI=1S/C11H13BO3.C8H7BO3/c1-7(2)10-8-5-3-4-6-9(8)15-11(10)12(13)14;10-9(11)8-5-6-3-1-2-4-7(6)12-8/h3-7,13-14H,1-2H3;1-5,10-11H. The van der Waals surface area contributed by atoms with Crippen LogP contribution in [0.4, 0.5) is 0 Å². The fourth-order valence-corrected chi connectivity index (χ4v) is 3.00. The summed E-state index contributed by atoms with van der Waals surface area (Å²) in [6.07, 6.45) is 0. The van der Waals surface area contributed by atoms with Gasteiger partial charge >= 0.3 is 14.2 Å². The van der Waals surface area contributed by atoms with Crippen LogP contribution in [0.5, 0.6) is 0 Å². The van der Waals surface area contributed by atoms with Crippen LogP contribution in [0.25, 0.3) is 21.9 Å². The monoisotopic (exact) mass is 366 g/mol. The second-order valence-corrected chi connectivity index (χ2v) is 6.46. The molecule has 4 rings (SSSR count). The first-order valence-electron chi connectivity index (χ1n) is 8.60. The fraction of sp³-hybridized carbons (Fsp3) is 0.158. The first kappa shape index (κ1) is 19.3. The molecule has 4 N–H and O–H groups in total. The quantitative estimate of drug-likeness (QED) is 0.408. The van der Waals surface area contributed by atoms with Gasteiger partial charge in [0, 0.05) is 16.3 Å².